The maximum absolute atomic E-state index is 12.1. The van der Waals surface area contributed by atoms with Crippen LogP contribution in [0.15, 0.2) is 28.3 Å². The zero-order chi connectivity index (χ0) is 13.9. The van der Waals surface area contributed by atoms with E-state index < -0.39 is 5.97 Å². The molecule has 104 valence electrons. The number of hydrogen-bond acceptors (Lipinski definition) is 5. The lowest BCUT2D eigenvalue weighted by atomic mass is 10.1. The van der Waals surface area contributed by atoms with Crippen molar-refractivity contribution < 1.29 is 14.3 Å². The Kier molecular flexibility index (Phi) is 3.84. The van der Waals surface area contributed by atoms with Crippen molar-refractivity contribution in [3.8, 4) is 0 Å². The molecule has 0 N–H and O–H groups in total. The molecule has 0 aromatic carbocycles. The minimum absolute atomic E-state index is 0.134. The molecule has 1 aliphatic heterocycles. The Bertz CT molecular complexity index is 618. The molecule has 0 radical (unpaired) electrons. The molecule has 0 saturated heterocycles. The highest BCUT2D eigenvalue weighted by molar-refractivity contribution is 7.10. The number of carbonyl (C=O) groups is 2. The van der Waals surface area contributed by atoms with Gasteiger partial charge in [0.05, 0.1) is 5.56 Å². The molecule has 2 aromatic rings. The molecule has 3 rings (SSSR count). The van der Waals surface area contributed by atoms with Crippen molar-refractivity contribution in [1.82, 2.24) is 4.90 Å². The third kappa shape index (κ3) is 2.76. The lowest BCUT2D eigenvalue weighted by molar-refractivity contribution is -0.135. The number of fused-ring (bicyclic) bond motifs is 1. The van der Waals surface area contributed by atoms with Crippen LogP contribution in [0.3, 0.4) is 0 Å². The van der Waals surface area contributed by atoms with Gasteiger partial charge in [0.25, 0.3) is 5.91 Å². The Labute approximate surface area is 124 Å². The van der Waals surface area contributed by atoms with Crippen molar-refractivity contribution in [1.29, 1.82) is 0 Å². The minimum atomic E-state index is -0.437. The molecule has 6 heteroatoms. The molecule has 0 atom stereocenters. The number of hydrogen-bond donors (Lipinski definition) is 0. The summed E-state index contributed by atoms with van der Waals surface area (Å²) in [6, 6.07) is 3.74. The first-order valence-corrected chi connectivity index (χ1v) is 8.08. The molecule has 3 heterocycles. The largest absolute Gasteiger partial charge is 0.452 e. The Balaban J connectivity index is 1.54. The highest BCUT2D eigenvalue weighted by Gasteiger charge is 2.22. The van der Waals surface area contributed by atoms with E-state index in [-0.39, 0.29) is 12.5 Å². The molecule has 0 bridgehead atoms. The normalized spacial score (nSPS) is 13.9. The van der Waals surface area contributed by atoms with Gasteiger partial charge < -0.3 is 9.64 Å². The Hall–Kier alpha value is -1.66. The van der Waals surface area contributed by atoms with Gasteiger partial charge in [-0.25, -0.2) is 4.79 Å². The average molecular weight is 307 g/mol. The zero-order valence-corrected chi connectivity index (χ0v) is 12.3. The second-order valence-corrected chi connectivity index (χ2v) is 6.30. The van der Waals surface area contributed by atoms with E-state index in [9.17, 15) is 9.59 Å². The predicted molar refractivity (Wildman–Crippen MR) is 78.0 cm³/mol. The third-order valence-electron chi connectivity index (χ3n) is 3.24. The number of ether oxygens (including phenoxy) is 1. The van der Waals surface area contributed by atoms with E-state index in [2.05, 4.69) is 11.4 Å². The number of thiophene rings is 2. The van der Waals surface area contributed by atoms with Gasteiger partial charge in [-0.15, -0.1) is 11.3 Å². The molecule has 0 unspecified atom stereocenters. The smallest absolute Gasteiger partial charge is 0.339 e. The summed E-state index contributed by atoms with van der Waals surface area (Å²) in [7, 11) is 0. The topological polar surface area (TPSA) is 46.6 Å². The quantitative estimate of drug-likeness (QED) is 0.819. The molecule has 20 heavy (non-hydrogen) atoms. The lowest BCUT2D eigenvalue weighted by Crippen LogP contribution is -2.38. The fraction of sp³-hybridized carbons (Fsp3) is 0.286. The lowest BCUT2D eigenvalue weighted by Gasteiger charge is -2.26. The monoisotopic (exact) mass is 307 g/mol. The van der Waals surface area contributed by atoms with Crippen LogP contribution in [-0.2, 0) is 22.5 Å². The van der Waals surface area contributed by atoms with Crippen LogP contribution in [-0.4, -0.2) is 29.9 Å². The molecule has 0 fully saturated rings. The maximum atomic E-state index is 12.1. The predicted octanol–water partition coefficient (Wildman–Crippen LogP) is 2.55. The summed E-state index contributed by atoms with van der Waals surface area (Å²) in [5, 5.41) is 5.57. The van der Waals surface area contributed by atoms with Gasteiger partial charge in [-0.3, -0.25) is 4.79 Å². The van der Waals surface area contributed by atoms with Gasteiger partial charge in [0.15, 0.2) is 6.61 Å². The van der Waals surface area contributed by atoms with E-state index in [1.165, 1.54) is 21.8 Å². The van der Waals surface area contributed by atoms with Crippen molar-refractivity contribution in [2.75, 3.05) is 13.2 Å². The second kappa shape index (κ2) is 5.76. The van der Waals surface area contributed by atoms with Crippen LogP contribution in [0.1, 0.15) is 20.8 Å². The van der Waals surface area contributed by atoms with Gasteiger partial charge in [0, 0.05) is 23.3 Å². The fourth-order valence-corrected chi connectivity index (χ4v) is 3.66. The summed E-state index contributed by atoms with van der Waals surface area (Å²) in [4.78, 5) is 26.8. The molecule has 0 spiro atoms. The first-order valence-electron chi connectivity index (χ1n) is 6.26. The summed E-state index contributed by atoms with van der Waals surface area (Å²) < 4.78 is 5.05. The molecular weight excluding hydrogens is 294 g/mol. The second-order valence-electron chi connectivity index (χ2n) is 4.52. The van der Waals surface area contributed by atoms with Gasteiger partial charge in [0.2, 0.25) is 0 Å². The Morgan fingerprint density at radius 2 is 2.20 bits per heavy atom. The van der Waals surface area contributed by atoms with E-state index in [1.54, 1.807) is 33.1 Å². The van der Waals surface area contributed by atoms with Crippen molar-refractivity contribution in [3.63, 3.8) is 0 Å². The fourth-order valence-electron chi connectivity index (χ4n) is 2.14. The minimum Gasteiger partial charge on any atom is -0.452 e. The van der Waals surface area contributed by atoms with Gasteiger partial charge >= 0.3 is 5.97 Å². The van der Waals surface area contributed by atoms with Crippen LogP contribution in [0.2, 0.25) is 0 Å². The van der Waals surface area contributed by atoms with Gasteiger partial charge in [0.1, 0.15) is 0 Å². The van der Waals surface area contributed by atoms with Crippen molar-refractivity contribution in [3.05, 3.63) is 44.3 Å². The van der Waals surface area contributed by atoms with E-state index >= 15 is 0 Å². The van der Waals surface area contributed by atoms with Crippen LogP contribution < -0.4 is 0 Å². The molecule has 0 aliphatic carbocycles. The van der Waals surface area contributed by atoms with Crippen molar-refractivity contribution >= 4 is 34.6 Å². The van der Waals surface area contributed by atoms with Gasteiger partial charge in [-0.05, 0) is 34.9 Å². The molecular formula is C14H13NO3S2. The maximum Gasteiger partial charge on any atom is 0.339 e. The van der Waals surface area contributed by atoms with E-state index in [4.69, 9.17) is 4.74 Å². The Morgan fingerprint density at radius 3 is 3.00 bits per heavy atom. The number of nitrogens with zero attached hydrogens (tertiary/aromatic N) is 1. The third-order valence-corrected chi connectivity index (χ3v) is 4.95. The standard InChI is InChI=1S/C14H13NO3S2/c16-13(8-18-14(17)11-2-5-19-9-11)15-4-1-12-10(7-15)3-6-20-12/h2-3,5-6,9H,1,4,7-8H2. The van der Waals surface area contributed by atoms with Crippen LogP contribution in [0.25, 0.3) is 0 Å². The number of carbonyl (C=O) groups excluding carboxylic acids is 2. The zero-order valence-electron chi connectivity index (χ0n) is 10.7. The van der Waals surface area contributed by atoms with Gasteiger partial charge in [-0.1, -0.05) is 0 Å². The molecule has 2 aromatic heterocycles. The van der Waals surface area contributed by atoms with Crippen LogP contribution in [0, 0.1) is 0 Å². The number of amides is 1. The average Bonchev–Trinajstić information content (AvgIpc) is 3.13. The SMILES string of the molecule is O=C(OCC(=O)N1CCc2sccc2C1)c1ccsc1. The summed E-state index contributed by atoms with van der Waals surface area (Å²) in [5.74, 6) is -0.571. The van der Waals surface area contributed by atoms with E-state index in [1.807, 2.05) is 0 Å². The summed E-state index contributed by atoms with van der Waals surface area (Å²) in [5.41, 5.74) is 1.71. The highest BCUT2D eigenvalue weighted by Crippen LogP contribution is 2.24. The van der Waals surface area contributed by atoms with Crippen LogP contribution in [0.4, 0.5) is 0 Å². The summed E-state index contributed by atoms with van der Waals surface area (Å²) in [6.45, 7) is 1.13. The van der Waals surface area contributed by atoms with Crippen molar-refractivity contribution in [2.24, 2.45) is 0 Å². The van der Waals surface area contributed by atoms with Gasteiger partial charge in [-0.2, -0.15) is 11.3 Å². The number of esters is 1. The van der Waals surface area contributed by atoms with Crippen molar-refractivity contribution in [2.45, 2.75) is 13.0 Å². The highest BCUT2D eigenvalue weighted by atomic mass is 32.1. The summed E-state index contributed by atoms with van der Waals surface area (Å²) in [6.07, 6.45) is 0.886. The van der Waals surface area contributed by atoms with Crippen LogP contribution >= 0.6 is 22.7 Å². The summed E-state index contributed by atoms with van der Waals surface area (Å²) >= 11 is 3.16. The molecule has 1 aliphatic rings. The first kappa shape index (κ1) is 13.3. The van der Waals surface area contributed by atoms with E-state index in [0.717, 1.165) is 6.42 Å². The van der Waals surface area contributed by atoms with E-state index in [0.29, 0.717) is 18.7 Å². The Morgan fingerprint density at radius 1 is 1.30 bits per heavy atom. The first-order chi connectivity index (χ1) is 9.74. The molecule has 0 saturated carbocycles. The van der Waals surface area contributed by atoms with Crippen LogP contribution in [0.5, 0.6) is 0 Å². The molecule has 1 amide bonds. The number of rotatable bonds is 3. The molecule has 4 nitrogen and oxygen atoms in total.